The molecule has 2 aliphatic rings. The smallest absolute Gasteiger partial charge is 0.227 e. The minimum Gasteiger partial charge on any atom is -0.497 e. The van der Waals surface area contributed by atoms with Gasteiger partial charge in [0.1, 0.15) is 5.75 Å². The Morgan fingerprint density at radius 2 is 1.89 bits per heavy atom. The lowest BCUT2D eigenvalue weighted by molar-refractivity contribution is -0.133. The van der Waals surface area contributed by atoms with Crippen LogP contribution in [0, 0.1) is 5.92 Å². The van der Waals surface area contributed by atoms with E-state index in [1.165, 1.54) is 0 Å². The van der Waals surface area contributed by atoms with Crippen molar-refractivity contribution in [3.05, 3.63) is 59.7 Å². The van der Waals surface area contributed by atoms with Gasteiger partial charge in [0.25, 0.3) is 0 Å². The second kappa shape index (κ2) is 8.05. The highest BCUT2D eigenvalue weighted by Crippen LogP contribution is 2.31. The number of amides is 2. The van der Waals surface area contributed by atoms with Crippen LogP contribution in [0.15, 0.2) is 48.5 Å². The summed E-state index contributed by atoms with van der Waals surface area (Å²) in [6.07, 6.45) is 3.84. The Bertz CT molecular complexity index is 858. The minimum absolute atomic E-state index is 0.0274. The van der Waals surface area contributed by atoms with Crippen molar-refractivity contribution in [2.75, 3.05) is 12.4 Å². The zero-order chi connectivity index (χ0) is 19.5. The summed E-state index contributed by atoms with van der Waals surface area (Å²) in [6, 6.07) is 16.1. The Balaban J connectivity index is 1.36. The third-order valence-electron chi connectivity index (χ3n) is 5.64. The Kier molecular flexibility index (Phi) is 5.33. The van der Waals surface area contributed by atoms with E-state index in [0.29, 0.717) is 31.8 Å². The van der Waals surface area contributed by atoms with E-state index in [1.54, 1.807) is 7.11 Å². The number of hydrogen-bond donors (Lipinski definition) is 1. The van der Waals surface area contributed by atoms with E-state index in [9.17, 15) is 9.59 Å². The van der Waals surface area contributed by atoms with E-state index >= 15 is 0 Å². The molecule has 0 saturated heterocycles. The molecule has 1 aliphatic heterocycles. The summed E-state index contributed by atoms with van der Waals surface area (Å²) in [6.45, 7) is 0.618. The minimum atomic E-state index is -0.138. The molecular weight excluding hydrogens is 352 g/mol. The fraction of sp³-hybridized carbons (Fsp3) is 0.391. The number of benzene rings is 2. The van der Waals surface area contributed by atoms with Crippen molar-refractivity contribution >= 4 is 17.5 Å². The largest absolute Gasteiger partial charge is 0.497 e. The number of carbonyl (C=O) groups excluding carboxylic acids is 2. The molecule has 0 aromatic heterocycles. The van der Waals surface area contributed by atoms with E-state index in [2.05, 4.69) is 5.32 Å². The van der Waals surface area contributed by atoms with Gasteiger partial charge in [0.2, 0.25) is 11.8 Å². The maximum absolute atomic E-state index is 12.9. The van der Waals surface area contributed by atoms with Gasteiger partial charge in [0, 0.05) is 30.6 Å². The van der Waals surface area contributed by atoms with Gasteiger partial charge in [0.15, 0.2) is 0 Å². The van der Waals surface area contributed by atoms with Crippen LogP contribution in [0.5, 0.6) is 5.75 Å². The maximum atomic E-state index is 12.9. The summed E-state index contributed by atoms with van der Waals surface area (Å²) < 4.78 is 5.20. The van der Waals surface area contributed by atoms with E-state index in [4.69, 9.17) is 4.74 Å². The van der Waals surface area contributed by atoms with Crippen molar-refractivity contribution < 1.29 is 14.3 Å². The molecule has 5 heteroatoms. The van der Waals surface area contributed by atoms with E-state index < -0.39 is 0 Å². The molecule has 2 amide bonds. The third kappa shape index (κ3) is 4.19. The second-order valence-electron chi connectivity index (χ2n) is 7.69. The number of para-hydroxylation sites is 1. The van der Waals surface area contributed by atoms with Gasteiger partial charge in [0.05, 0.1) is 7.11 Å². The highest BCUT2D eigenvalue weighted by atomic mass is 16.5. The van der Waals surface area contributed by atoms with Gasteiger partial charge < -0.3 is 15.0 Å². The van der Waals surface area contributed by atoms with E-state index in [-0.39, 0.29) is 17.7 Å². The van der Waals surface area contributed by atoms with Crippen molar-refractivity contribution in [2.24, 2.45) is 5.92 Å². The molecule has 1 N–H and O–H groups in total. The Hall–Kier alpha value is -2.82. The molecule has 1 fully saturated rings. The van der Waals surface area contributed by atoms with Crippen LogP contribution in [0.25, 0.3) is 0 Å². The second-order valence-corrected chi connectivity index (χ2v) is 7.69. The molecule has 146 valence electrons. The van der Waals surface area contributed by atoms with Crippen LogP contribution in [-0.4, -0.2) is 29.9 Å². The van der Waals surface area contributed by atoms with Crippen molar-refractivity contribution in [3.63, 3.8) is 0 Å². The number of methoxy groups -OCH3 is 1. The number of rotatable bonds is 7. The molecule has 0 spiro atoms. The van der Waals surface area contributed by atoms with Gasteiger partial charge in [-0.05, 0) is 55.0 Å². The first-order chi connectivity index (χ1) is 13.6. The van der Waals surface area contributed by atoms with Crippen LogP contribution in [0.2, 0.25) is 0 Å². The summed E-state index contributed by atoms with van der Waals surface area (Å²) in [5.41, 5.74) is 3.15. The molecule has 5 nitrogen and oxygen atoms in total. The first-order valence-corrected chi connectivity index (χ1v) is 9.95. The Labute approximate surface area is 165 Å². The van der Waals surface area contributed by atoms with E-state index in [1.807, 2.05) is 53.4 Å². The lowest BCUT2D eigenvalue weighted by atomic mass is 9.89. The van der Waals surface area contributed by atoms with Crippen molar-refractivity contribution in [2.45, 2.75) is 44.7 Å². The number of ether oxygens (including phenoxy) is 1. The monoisotopic (exact) mass is 378 g/mol. The quantitative estimate of drug-likeness (QED) is 0.798. The standard InChI is InChI=1S/C23H26N2O3/c1-28-20-11-6-16(7-12-20)15-25(19-9-10-19)22(26)13-8-18-14-17-4-2-3-5-21(17)24-23(18)27/h2-7,11-12,18-19H,8-10,13-15H2,1H3,(H,24,27). The maximum Gasteiger partial charge on any atom is 0.227 e. The van der Waals surface area contributed by atoms with Gasteiger partial charge in [-0.3, -0.25) is 9.59 Å². The summed E-state index contributed by atoms with van der Waals surface area (Å²) in [5, 5.41) is 2.97. The molecule has 1 aliphatic carbocycles. The molecular formula is C23H26N2O3. The molecule has 4 rings (SSSR count). The number of fused-ring (bicyclic) bond motifs is 1. The SMILES string of the molecule is COc1ccc(CN(C(=O)CCC2Cc3ccccc3NC2=O)C2CC2)cc1. The Morgan fingerprint density at radius 3 is 2.61 bits per heavy atom. The van der Waals surface area contributed by atoms with Crippen LogP contribution in [0.4, 0.5) is 5.69 Å². The molecule has 1 saturated carbocycles. The molecule has 0 bridgehead atoms. The fourth-order valence-electron chi connectivity index (χ4n) is 3.82. The Morgan fingerprint density at radius 1 is 1.14 bits per heavy atom. The van der Waals surface area contributed by atoms with Crippen LogP contribution in [0.3, 0.4) is 0 Å². The van der Waals surface area contributed by atoms with Crippen molar-refractivity contribution in [1.82, 2.24) is 4.90 Å². The van der Waals surface area contributed by atoms with Crippen molar-refractivity contribution in [1.29, 1.82) is 0 Å². The predicted octanol–water partition coefficient (Wildman–Crippen LogP) is 3.78. The summed E-state index contributed by atoms with van der Waals surface area (Å²) in [5.74, 6) is 0.849. The predicted molar refractivity (Wildman–Crippen MR) is 108 cm³/mol. The number of carbonyl (C=O) groups is 2. The number of nitrogens with one attached hydrogen (secondary N) is 1. The van der Waals surface area contributed by atoms with Crippen LogP contribution >= 0.6 is 0 Å². The average molecular weight is 378 g/mol. The van der Waals surface area contributed by atoms with Crippen molar-refractivity contribution in [3.8, 4) is 5.75 Å². The molecule has 1 heterocycles. The summed E-state index contributed by atoms with van der Waals surface area (Å²) in [7, 11) is 1.65. The molecule has 28 heavy (non-hydrogen) atoms. The average Bonchev–Trinajstić information content (AvgIpc) is 3.56. The van der Waals surface area contributed by atoms with E-state index in [0.717, 1.165) is 35.4 Å². The van der Waals surface area contributed by atoms with Crippen LogP contribution < -0.4 is 10.1 Å². The van der Waals surface area contributed by atoms with Crippen LogP contribution in [0.1, 0.15) is 36.8 Å². The van der Waals surface area contributed by atoms with Gasteiger partial charge in [-0.25, -0.2) is 0 Å². The molecule has 2 aromatic rings. The summed E-state index contributed by atoms with van der Waals surface area (Å²) >= 11 is 0. The molecule has 2 aromatic carbocycles. The van der Waals surface area contributed by atoms with Crippen LogP contribution in [-0.2, 0) is 22.6 Å². The highest BCUT2D eigenvalue weighted by Gasteiger charge is 2.33. The number of anilines is 1. The van der Waals surface area contributed by atoms with Gasteiger partial charge in [-0.2, -0.15) is 0 Å². The molecule has 0 radical (unpaired) electrons. The lowest BCUT2D eigenvalue weighted by Crippen LogP contribution is -2.35. The lowest BCUT2D eigenvalue weighted by Gasteiger charge is -2.26. The normalized spacial score (nSPS) is 18.2. The number of hydrogen-bond acceptors (Lipinski definition) is 3. The first-order valence-electron chi connectivity index (χ1n) is 9.95. The van der Waals surface area contributed by atoms with Gasteiger partial charge >= 0.3 is 0 Å². The molecule has 1 unspecified atom stereocenters. The first kappa shape index (κ1) is 18.5. The number of nitrogens with zero attached hydrogens (tertiary/aromatic N) is 1. The highest BCUT2D eigenvalue weighted by molar-refractivity contribution is 5.96. The zero-order valence-corrected chi connectivity index (χ0v) is 16.2. The zero-order valence-electron chi connectivity index (χ0n) is 16.2. The summed E-state index contributed by atoms with van der Waals surface area (Å²) in [4.78, 5) is 27.3. The fourth-order valence-corrected chi connectivity index (χ4v) is 3.82. The van der Waals surface area contributed by atoms with Gasteiger partial charge in [-0.1, -0.05) is 30.3 Å². The topological polar surface area (TPSA) is 58.6 Å². The van der Waals surface area contributed by atoms with Gasteiger partial charge in [-0.15, -0.1) is 0 Å². The molecule has 1 atom stereocenters. The third-order valence-corrected chi connectivity index (χ3v) is 5.64.